The summed E-state index contributed by atoms with van der Waals surface area (Å²) in [7, 11) is 1.61. The van der Waals surface area contributed by atoms with Crippen molar-refractivity contribution in [3.63, 3.8) is 0 Å². The molecule has 80 valence electrons. The van der Waals surface area contributed by atoms with Crippen molar-refractivity contribution in [3.8, 4) is 5.75 Å². The molecule has 1 saturated carbocycles. The van der Waals surface area contributed by atoms with Crippen LogP contribution in [0.25, 0.3) is 0 Å². The number of hydrogen-bond acceptors (Lipinski definition) is 2. The van der Waals surface area contributed by atoms with E-state index in [9.17, 15) is 4.79 Å². The molecule has 1 aromatic rings. The summed E-state index contributed by atoms with van der Waals surface area (Å²) < 4.78 is 5.25. The zero-order valence-corrected chi connectivity index (χ0v) is 8.86. The number of ether oxygens (including phenoxy) is 1. The van der Waals surface area contributed by atoms with E-state index in [0.29, 0.717) is 6.42 Å². The van der Waals surface area contributed by atoms with Crippen LogP contribution in [0.5, 0.6) is 5.75 Å². The normalized spacial score (nSPS) is 28.5. The van der Waals surface area contributed by atoms with Gasteiger partial charge in [-0.2, -0.15) is 0 Å². The van der Waals surface area contributed by atoms with Crippen LogP contribution in [0.1, 0.15) is 18.9 Å². The van der Waals surface area contributed by atoms with Gasteiger partial charge in [0.05, 0.1) is 13.0 Å². The molecule has 3 nitrogen and oxygen atoms in total. The maximum absolute atomic E-state index is 10.9. The van der Waals surface area contributed by atoms with Gasteiger partial charge in [-0.05, 0) is 12.5 Å². The second-order valence-corrected chi connectivity index (χ2v) is 4.21. The third-order valence-electron chi connectivity index (χ3n) is 3.26. The molecule has 0 aromatic heterocycles. The fourth-order valence-electron chi connectivity index (χ4n) is 2.14. The van der Waals surface area contributed by atoms with E-state index in [4.69, 9.17) is 9.84 Å². The Hall–Kier alpha value is -1.51. The van der Waals surface area contributed by atoms with Crippen LogP contribution < -0.4 is 4.74 Å². The van der Waals surface area contributed by atoms with Crippen molar-refractivity contribution in [2.45, 2.75) is 18.8 Å². The van der Waals surface area contributed by atoms with E-state index in [-0.39, 0.29) is 11.3 Å². The van der Waals surface area contributed by atoms with Gasteiger partial charge < -0.3 is 9.84 Å². The average Bonchev–Trinajstić information content (AvgIpc) is 2.92. The van der Waals surface area contributed by atoms with Crippen molar-refractivity contribution >= 4 is 5.97 Å². The molecule has 2 atom stereocenters. The van der Waals surface area contributed by atoms with Crippen molar-refractivity contribution in [1.29, 1.82) is 0 Å². The molecule has 1 N–H and O–H groups in total. The van der Waals surface area contributed by atoms with Crippen molar-refractivity contribution in [2.24, 2.45) is 5.92 Å². The first kappa shape index (κ1) is 10.0. The van der Waals surface area contributed by atoms with E-state index in [1.165, 1.54) is 0 Å². The first-order valence-corrected chi connectivity index (χ1v) is 4.96. The minimum atomic E-state index is -0.719. The molecular weight excluding hydrogens is 192 g/mol. The number of para-hydroxylation sites is 1. The fraction of sp³-hybridized carbons (Fsp3) is 0.417. The van der Waals surface area contributed by atoms with Crippen LogP contribution in [0, 0.1) is 5.92 Å². The summed E-state index contributed by atoms with van der Waals surface area (Å²) in [6, 6.07) is 7.63. The van der Waals surface area contributed by atoms with Gasteiger partial charge >= 0.3 is 5.97 Å². The molecule has 0 saturated heterocycles. The van der Waals surface area contributed by atoms with Crippen LogP contribution >= 0.6 is 0 Å². The topological polar surface area (TPSA) is 46.5 Å². The van der Waals surface area contributed by atoms with Crippen LogP contribution in [0.4, 0.5) is 0 Å². The molecule has 0 spiro atoms. The van der Waals surface area contributed by atoms with Gasteiger partial charge in [-0.1, -0.05) is 25.1 Å². The smallest absolute Gasteiger partial charge is 0.307 e. The Morgan fingerprint density at radius 3 is 2.73 bits per heavy atom. The molecule has 1 fully saturated rings. The first-order valence-electron chi connectivity index (χ1n) is 4.96. The maximum atomic E-state index is 10.9. The van der Waals surface area contributed by atoms with Gasteiger partial charge in [0, 0.05) is 11.0 Å². The summed E-state index contributed by atoms with van der Waals surface area (Å²) in [6.45, 7) is 1.98. The van der Waals surface area contributed by atoms with Crippen molar-refractivity contribution in [1.82, 2.24) is 0 Å². The van der Waals surface area contributed by atoms with Crippen molar-refractivity contribution in [3.05, 3.63) is 29.8 Å². The molecular formula is C12H14O3. The molecule has 0 aliphatic heterocycles. The molecule has 2 unspecified atom stereocenters. The minimum Gasteiger partial charge on any atom is -0.496 e. The lowest BCUT2D eigenvalue weighted by atomic mass is 9.94. The molecule has 1 aromatic carbocycles. The van der Waals surface area contributed by atoms with E-state index in [1.807, 2.05) is 31.2 Å². The highest BCUT2D eigenvalue weighted by molar-refractivity contribution is 5.77. The van der Waals surface area contributed by atoms with E-state index in [2.05, 4.69) is 0 Å². The molecule has 1 aliphatic carbocycles. The minimum absolute atomic E-state index is 0.252. The first-order chi connectivity index (χ1) is 7.09. The SMILES string of the molecule is COc1ccccc1C1(C)CC1C(=O)O. The number of carboxylic acid groups (broad SMARTS) is 1. The highest BCUT2D eigenvalue weighted by Gasteiger charge is 2.57. The molecule has 0 radical (unpaired) electrons. The summed E-state index contributed by atoms with van der Waals surface area (Å²) in [5, 5.41) is 8.97. The molecule has 3 heteroatoms. The highest BCUT2D eigenvalue weighted by atomic mass is 16.5. The van der Waals surface area contributed by atoms with E-state index >= 15 is 0 Å². The largest absolute Gasteiger partial charge is 0.496 e. The number of carboxylic acids is 1. The Morgan fingerprint density at radius 2 is 2.20 bits per heavy atom. The predicted octanol–water partition coefficient (Wildman–Crippen LogP) is 2.06. The van der Waals surface area contributed by atoms with E-state index < -0.39 is 5.97 Å². The fourth-order valence-corrected chi connectivity index (χ4v) is 2.14. The lowest BCUT2D eigenvalue weighted by molar-refractivity contribution is -0.138. The molecule has 15 heavy (non-hydrogen) atoms. The third kappa shape index (κ3) is 1.48. The maximum Gasteiger partial charge on any atom is 0.307 e. The van der Waals surface area contributed by atoms with Crippen molar-refractivity contribution in [2.75, 3.05) is 7.11 Å². The molecule has 1 aliphatic rings. The third-order valence-corrected chi connectivity index (χ3v) is 3.26. The molecule has 2 rings (SSSR count). The summed E-state index contributed by atoms with van der Waals surface area (Å²) in [5.74, 6) is -0.207. The Bertz CT molecular complexity index is 400. The summed E-state index contributed by atoms with van der Waals surface area (Å²) in [6.07, 6.45) is 0.697. The van der Waals surface area contributed by atoms with Gasteiger partial charge in [0.1, 0.15) is 5.75 Å². The zero-order chi connectivity index (χ0) is 11.1. The molecule has 0 heterocycles. The Balaban J connectivity index is 2.35. The Morgan fingerprint density at radius 1 is 1.53 bits per heavy atom. The molecule has 0 bridgehead atoms. The number of hydrogen-bond donors (Lipinski definition) is 1. The molecule has 0 amide bonds. The number of carbonyl (C=O) groups is 1. The van der Waals surface area contributed by atoms with Gasteiger partial charge in [0.15, 0.2) is 0 Å². The number of rotatable bonds is 3. The standard InChI is InChI=1S/C12H14O3/c1-12(7-9(12)11(13)14)8-5-3-4-6-10(8)15-2/h3-6,9H,7H2,1-2H3,(H,13,14). The second kappa shape index (κ2) is 3.26. The van der Waals surface area contributed by atoms with Crippen LogP contribution in [0.15, 0.2) is 24.3 Å². The van der Waals surface area contributed by atoms with E-state index in [0.717, 1.165) is 11.3 Å². The predicted molar refractivity (Wildman–Crippen MR) is 56.1 cm³/mol. The quantitative estimate of drug-likeness (QED) is 0.823. The zero-order valence-electron chi connectivity index (χ0n) is 8.86. The van der Waals surface area contributed by atoms with Crippen LogP contribution in [0.3, 0.4) is 0 Å². The number of methoxy groups -OCH3 is 1. The van der Waals surface area contributed by atoms with Gasteiger partial charge in [-0.3, -0.25) is 4.79 Å². The van der Waals surface area contributed by atoms with E-state index in [1.54, 1.807) is 7.11 Å². The average molecular weight is 206 g/mol. The number of aliphatic carboxylic acids is 1. The second-order valence-electron chi connectivity index (χ2n) is 4.21. The van der Waals surface area contributed by atoms with Crippen LogP contribution in [0.2, 0.25) is 0 Å². The monoisotopic (exact) mass is 206 g/mol. The lowest BCUT2D eigenvalue weighted by Gasteiger charge is -2.14. The Labute approximate surface area is 88.7 Å². The highest BCUT2D eigenvalue weighted by Crippen LogP contribution is 2.56. The Kier molecular flexibility index (Phi) is 2.18. The van der Waals surface area contributed by atoms with Gasteiger partial charge in [0.25, 0.3) is 0 Å². The summed E-state index contributed by atoms with van der Waals surface area (Å²) in [4.78, 5) is 10.9. The number of benzene rings is 1. The van der Waals surface area contributed by atoms with Crippen molar-refractivity contribution < 1.29 is 14.6 Å². The van der Waals surface area contributed by atoms with Crippen LogP contribution in [-0.4, -0.2) is 18.2 Å². The van der Waals surface area contributed by atoms with Gasteiger partial charge in [-0.25, -0.2) is 0 Å². The van der Waals surface area contributed by atoms with Crippen LogP contribution in [-0.2, 0) is 10.2 Å². The summed E-state index contributed by atoms with van der Waals surface area (Å²) in [5.41, 5.74) is 0.748. The van der Waals surface area contributed by atoms with Gasteiger partial charge in [-0.15, -0.1) is 0 Å². The lowest BCUT2D eigenvalue weighted by Crippen LogP contribution is -2.12. The summed E-state index contributed by atoms with van der Waals surface area (Å²) >= 11 is 0. The van der Waals surface area contributed by atoms with Gasteiger partial charge in [0.2, 0.25) is 0 Å².